The molecule has 4 aliphatic carbocycles. The number of hydrogen-bond acceptors (Lipinski definition) is 2. The Balaban J connectivity index is 1.83. The zero-order chi connectivity index (χ0) is 18.7. The third-order valence-corrected chi connectivity index (χ3v) is 8.89. The molecule has 0 aliphatic heterocycles. The third kappa shape index (κ3) is 2.24. The number of aliphatic hydroxyl groups is 1. The van der Waals surface area contributed by atoms with Crippen molar-refractivity contribution in [3.8, 4) is 0 Å². The smallest absolute Gasteiger partial charge is 0.155 e. The molecule has 6 atom stereocenters. The first-order chi connectivity index (χ1) is 12.3. The van der Waals surface area contributed by atoms with Gasteiger partial charge in [0.2, 0.25) is 0 Å². The molecule has 2 fully saturated rings. The van der Waals surface area contributed by atoms with Crippen molar-refractivity contribution >= 4 is 5.78 Å². The molecule has 0 aromatic carbocycles. The molecule has 2 saturated carbocycles. The van der Waals surface area contributed by atoms with Gasteiger partial charge in [-0.2, -0.15) is 0 Å². The first-order valence-corrected chi connectivity index (χ1v) is 10.6. The molecular weight excluding hydrogens is 320 g/mol. The molecule has 26 heavy (non-hydrogen) atoms. The van der Waals surface area contributed by atoms with Gasteiger partial charge in [-0.3, -0.25) is 4.79 Å². The molecule has 0 bridgehead atoms. The highest BCUT2D eigenvalue weighted by atomic mass is 16.3. The topological polar surface area (TPSA) is 37.3 Å². The minimum atomic E-state index is -0.530. The molecule has 0 aromatic rings. The Bertz CT molecular complexity index is 701. The SMILES string of the molecule is C=CC[C@@H]1CC2=CC(=O)CC[C@]2(C)C2=CC[C@@]3(C)[C@@H](CC[C@@]3(O)CC)[C@@H]21. The van der Waals surface area contributed by atoms with Crippen molar-refractivity contribution in [1.29, 1.82) is 0 Å². The lowest BCUT2D eigenvalue weighted by Crippen LogP contribution is -2.52. The Hall–Kier alpha value is -1.15. The number of carbonyl (C=O) groups is 1. The first kappa shape index (κ1) is 18.2. The van der Waals surface area contributed by atoms with E-state index in [0.29, 0.717) is 30.0 Å². The van der Waals surface area contributed by atoms with E-state index in [1.807, 2.05) is 6.08 Å². The van der Waals surface area contributed by atoms with Crippen LogP contribution in [0.15, 0.2) is 36.0 Å². The van der Waals surface area contributed by atoms with Crippen LogP contribution in [0.3, 0.4) is 0 Å². The number of allylic oxidation sites excluding steroid dienone is 5. The van der Waals surface area contributed by atoms with Crippen LogP contribution in [0.25, 0.3) is 0 Å². The average Bonchev–Trinajstić information content (AvgIpc) is 2.89. The van der Waals surface area contributed by atoms with Crippen LogP contribution in [-0.2, 0) is 4.79 Å². The van der Waals surface area contributed by atoms with E-state index in [1.165, 1.54) is 5.57 Å². The lowest BCUT2D eigenvalue weighted by atomic mass is 9.48. The minimum absolute atomic E-state index is 0.0165. The van der Waals surface area contributed by atoms with E-state index in [-0.39, 0.29) is 10.8 Å². The Morgan fingerprint density at radius 3 is 2.81 bits per heavy atom. The number of rotatable bonds is 3. The summed E-state index contributed by atoms with van der Waals surface area (Å²) in [6, 6.07) is 0. The summed E-state index contributed by atoms with van der Waals surface area (Å²) in [5, 5.41) is 11.4. The molecule has 4 rings (SSSR count). The standard InChI is InChI=1S/C24H34O2/c1-5-7-16-14-17-15-18(25)8-11-22(17,3)19-9-12-23(4)20(21(16)19)10-13-24(23,26)6-2/h5,9,15-16,20-21,26H,1,6-8,10-14H2,2-4H3/t16-,20+,21-,22+,23+,24+/m1/s1. The van der Waals surface area contributed by atoms with E-state index in [0.717, 1.165) is 44.9 Å². The van der Waals surface area contributed by atoms with E-state index in [2.05, 4.69) is 39.5 Å². The average molecular weight is 355 g/mol. The highest BCUT2D eigenvalue weighted by molar-refractivity contribution is 5.92. The molecule has 142 valence electrons. The van der Waals surface area contributed by atoms with Gasteiger partial charge < -0.3 is 5.11 Å². The Kier molecular flexibility index (Phi) is 4.15. The van der Waals surface area contributed by atoms with Crippen LogP contribution in [0.2, 0.25) is 0 Å². The molecule has 0 spiro atoms. The fourth-order valence-corrected chi connectivity index (χ4v) is 7.12. The molecule has 0 saturated heterocycles. The number of fused-ring (bicyclic) bond motifs is 5. The summed E-state index contributed by atoms with van der Waals surface area (Å²) in [5.41, 5.74) is 2.45. The van der Waals surface area contributed by atoms with Crippen molar-refractivity contribution in [1.82, 2.24) is 0 Å². The van der Waals surface area contributed by atoms with Crippen LogP contribution in [0, 0.1) is 28.6 Å². The summed E-state index contributed by atoms with van der Waals surface area (Å²) in [6.45, 7) is 10.9. The number of carbonyl (C=O) groups excluding carboxylic acids is 1. The van der Waals surface area contributed by atoms with E-state index in [9.17, 15) is 9.90 Å². The minimum Gasteiger partial charge on any atom is -0.389 e. The van der Waals surface area contributed by atoms with Gasteiger partial charge in [0.05, 0.1) is 5.60 Å². The van der Waals surface area contributed by atoms with Gasteiger partial charge in [-0.25, -0.2) is 0 Å². The van der Waals surface area contributed by atoms with Crippen molar-refractivity contribution < 1.29 is 9.90 Å². The second-order valence-corrected chi connectivity index (χ2v) is 9.79. The highest BCUT2D eigenvalue weighted by Gasteiger charge is 2.62. The Morgan fingerprint density at radius 2 is 2.12 bits per heavy atom. The molecule has 1 N–H and O–H groups in total. The second kappa shape index (κ2) is 5.92. The summed E-state index contributed by atoms with van der Waals surface area (Å²) < 4.78 is 0. The van der Waals surface area contributed by atoms with Gasteiger partial charge in [-0.1, -0.05) is 44.1 Å². The van der Waals surface area contributed by atoms with Gasteiger partial charge >= 0.3 is 0 Å². The lowest BCUT2D eigenvalue weighted by Gasteiger charge is -2.57. The van der Waals surface area contributed by atoms with Crippen molar-refractivity contribution in [2.45, 2.75) is 77.7 Å². The Labute approximate surface area is 158 Å². The fraction of sp³-hybridized carbons (Fsp3) is 0.708. The zero-order valence-electron chi connectivity index (χ0n) is 16.7. The monoisotopic (exact) mass is 354 g/mol. The predicted molar refractivity (Wildman–Crippen MR) is 106 cm³/mol. The summed E-state index contributed by atoms with van der Waals surface area (Å²) in [5.74, 6) is 1.90. The van der Waals surface area contributed by atoms with Gasteiger partial charge in [0.15, 0.2) is 5.78 Å². The van der Waals surface area contributed by atoms with Crippen molar-refractivity contribution in [2.24, 2.45) is 28.6 Å². The maximum Gasteiger partial charge on any atom is 0.155 e. The van der Waals surface area contributed by atoms with E-state index < -0.39 is 5.60 Å². The molecule has 0 radical (unpaired) electrons. The van der Waals surface area contributed by atoms with E-state index >= 15 is 0 Å². The zero-order valence-corrected chi connectivity index (χ0v) is 16.7. The van der Waals surface area contributed by atoms with Crippen LogP contribution in [-0.4, -0.2) is 16.5 Å². The van der Waals surface area contributed by atoms with Gasteiger partial charge in [0.25, 0.3) is 0 Å². The van der Waals surface area contributed by atoms with Crippen molar-refractivity contribution in [3.63, 3.8) is 0 Å². The molecule has 2 heteroatoms. The summed E-state index contributed by atoms with van der Waals surface area (Å²) in [6.07, 6.45) is 14.0. The molecule has 0 unspecified atom stereocenters. The van der Waals surface area contributed by atoms with Crippen molar-refractivity contribution in [3.05, 3.63) is 36.0 Å². The second-order valence-electron chi connectivity index (χ2n) is 9.79. The van der Waals surface area contributed by atoms with E-state index in [4.69, 9.17) is 0 Å². The molecule has 4 aliphatic rings. The van der Waals surface area contributed by atoms with Gasteiger partial charge in [0.1, 0.15) is 0 Å². The summed E-state index contributed by atoms with van der Waals surface area (Å²) >= 11 is 0. The molecular formula is C24H34O2. The van der Waals surface area contributed by atoms with Crippen molar-refractivity contribution in [2.75, 3.05) is 0 Å². The van der Waals surface area contributed by atoms with Gasteiger partial charge in [-0.05, 0) is 68.8 Å². The normalized spacial score (nSPS) is 47.4. The fourth-order valence-electron chi connectivity index (χ4n) is 7.12. The quantitative estimate of drug-likeness (QED) is 0.691. The summed E-state index contributed by atoms with van der Waals surface area (Å²) in [7, 11) is 0. The largest absolute Gasteiger partial charge is 0.389 e. The molecule has 2 nitrogen and oxygen atoms in total. The summed E-state index contributed by atoms with van der Waals surface area (Å²) in [4.78, 5) is 12.1. The van der Waals surface area contributed by atoms with Gasteiger partial charge in [0, 0.05) is 17.3 Å². The first-order valence-electron chi connectivity index (χ1n) is 10.6. The predicted octanol–water partition coefficient (Wildman–Crippen LogP) is 5.38. The molecule has 0 aromatic heterocycles. The lowest BCUT2D eigenvalue weighted by molar-refractivity contribution is -0.116. The highest BCUT2D eigenvalue weighted by Crippen LogP contribution is 2.67. The maximum atomic E-state index is 12.1. The van der Waals surface area contributed by atoms with Crippen LogP contribution < -0.4 is 0 Å². The van der Waals surface area contributed by atoms with Crippen LogP contribution in [0.5, 0.6) is 0 Å². The maximum absolute atomic E-state index is 12.1. The Morgan fingerprint density at radius 1 is 1.35 bits per heavy atom. The van der Waals surface area contributed by atoms with E-state index in [1.54, 1.807) is 5.57 Å². The number of hydrogen-bond donors (Lipinski definition) is 1. The third-order valence-electron chi connectivity index (χ3n) is 8.89. The molecule has 0 amide bonds. The van der Waals surface area contributed by atoms with Gasteiger partial charge in [-0.15, -0.1) is 6.58 Å². The van der Waals surface area contributed by atoms with Crippen LogP contribution >= 0.6 is 0 Å². The molecule has 0 heterocycles. The number of ketones is 1. The van der Waals surface area contributed by atoms with Crippen LogP contribution in [0.4, 0.5) is 0 Å². The van der Waals surface area contributed by atoms with Crippen LogP contribution in [0.1, 0.15) is 72.1 Å².